The van der Waals surface area contributed by atoms with Gasteiger partial charge in [0.2, 0.25) is 0 Å². The molecule has 0 aliphatic carbocycles. The number of esters is 1. The lowest BCUT2D eigenvalue weighted by atomic mass is 9.80. The first-order valence-electron chi connectivity index (χ1n) is 8.70. The summed E-state index contributed by atoms with van der Waals surface area (Å²) in [6, 6.07) is 5.55. The molecule has 1 aromatic rings. The molecular formula is C19H22N2O7. The van der Waals surface area contributed by atoms with E-state index in [2.05, 4.69) is 0 Å². The number of nitrogens with zero attached hydrogens (tertiary/aromatic N) is 2. The van der Waals surface area contributed by atoms with E-state index >= 15 is 0 Å². The zero-order valence-electron chi connectivity index (χ0n) is 16.1. The number of benzene rings is 1. The monoisotopic (exact) mass is 390 g/mol. The third-order valence-electron chi connectivity index (χ3n) is 4.43. The average Bonchev–Trinajstić information content (AvgIpc) is 2.66. The minimum absolute atomic E-state index is 0.0887. The van der Waals surface area contributed by atoms with Gasteiger partial charge in [0.25, 0.3) is 17.5 Å². The Hall–Kier alpha value is -3.36. The van der Waals surface area contributed by atoms with Crippen molar-refractivity contribution in [3.8, 4) is 0 Å². The molecule has 1 atom stereocenters. The lowest BCUT2D eigenvalue weighted by molar-refractivity contribution is -0.384. The van der Waals surface area contributed by atoms with Crippen molar-refractivity contribution in [2.24, 2.45) is 0 Å². The average molecular weight is 390 g/mol. The molecular weight excluding hydrogens is 368 g/mol. The maximum Gasteiger partial charge on any atom is 0.336 e. The van der Waals surface area contributed by atoms with Crippen LogP contribution in [-0.4, -0.2) is 47.1 Å². The molecule has 1 amide bonds. The number of rotatable bonds is 6. The molecule has 9 nitrogen and oxygen atoms in total. The lowest BCUT2D eigenvalue weighted by Gasteiger charge is -2.34. The smallest absolute Gasteiger partial charge is 0.336 e. The van der Waals surface area contributed by atoms with E-state index < -0.39 is 28.7 Å². The fraction of sp³-hybridized carbons (Fsp3) is 0.368. The topological polar surface area (TPSA) is 119 Å². The molecule has 2 rings (SSSR count). The first-order valence-corrected chi connectivity index (χ1v) is 8.70. The van der Waals surface area contributed by atoms with Gasteiger partial charge in [-0.25, -0.2) is 4.79 Å². The van der Waals surface area contributed by atoms with Crippen LogP contribution in [0.4, 0.5) is 5.69 Å². The number of carbonyl (C=O) groups excluding carboxylic acids is 2. The first-order chi connectivity index (χ1) is 13.2. The Morgan fingerprint density at radius 3 is 2.50 bits per heavy atom. The summed E-state index contributed by atoms with van der Waals surface area (Å²) in [7, 11) is 1.46. The predicted molar refractivity (Wildman–Crippen MR) is 99.2 cm³/mol. The molecule has 0 saturated heterocycles. The van der Waals surface area contributed by atoms with Gasteiger partial charge in [-0.05, 0) is 26.3 Å². The zero-order valence-corrected chi connectivity index (χ0v) is 16.1. The quantitative estimate of drug-likeness (QED) is 0.261. The highest BCUT2D eigenvalue weighted by Gasteiger charge is 2.42. The van der Waals surface area contributed by atoms with Gasteiger partial charge < -0.3 is 19.5 Å². The maximum atomic E-state index is 12.9. The fourth-order valence-corrected chi connectivity index (χ4v) is 3.05. The molecule has 1 aliphatic heterocycles. The van der Waals surface area contributed by atoms with Crippen LogP contribution in [0.15, 0.2) is 47.1 Å². The molecule has 1 heterocycles. The number of ether oxygens (including phenoxy) is 2. The van der Waals surface area contributed by atoms with Gasteiger partial charge in [0.1, 0.15) is 5.57 Å². The van der Waals surface area contributed by atoms with E-state index in [1.807, 2.05) is 0 Å². The molecule has 0 radical (unpaired) electrons. The molecule has 28 heavy (non-hydrogen) atoms. The molecule has 1 unspecified atom stereocenters. The van der Waals surface area contributed by atoms with Crippen LogP contribution in [0, 0.1) is 10.1 Å². The van der Waals surface area contributed by atoms with E-state index in [-0.39, 0.29) is 30.0 Å². The van der Waals surface area contributed by atoms with Crippen LogP contribution in [0.1, 0.15) is 32.3 Å². The first kappa shape index (κ1) is 20.9. The van der Waals surface area contributed by atoms with Gasteiger partial charge in [-0.15, -0.1) is 0 Å². The number of likely N-dealkylation sites (N-methyl/N-ethyl adjacent to an activating group) is 1. The number of hydrogen-bond donors (Lipinski definition) is 1. The Kier molecular flexibility index (Phi) is 6.40. The summed E-state index contributed by atoms with van der Waals surface area (Å²) in [5, 5.41) is 21.6. The fourth-order valence-electron chi connectivity index (χ4n) is 3.05. The van der Waals surface area contributed by atoms with Crippen LogP contribution in [0.5, 0.6) is 0 Å². The van der Waals surface area contributed by atoms with Crippen molar-refractivity contribution in [1.29, 1.82) is 0 Å². The van der Waals surface area contributed by atoms with E-state index in [9.17, 15) is 24.8 Å². The molecule has 1 aliphatic rings. The highest BCUT2D eigenvalue weighted by molar-refractivity contribution is 6.04. The number of hydrogen-bond acceptors (Lipinski definition) is 7. The van der Waals surface area contributed by atoms with Gasteiger partial charge in [0, 0.05) is 24.9 Å². The summed E-state index contributed by atoms with van der Waals surface area (Å²) in [6.07, 6.45) is 0. The summed E-state index contributed by atoms with van der Waals surface area (Å²) >= 11 is 0. The molecule has 1 aromatic carbocycles. The van der Waals surface area contributed by atoms with Crippen molar-refractivity contribution in [1.82, 2.24) is 4.90 Å². The second kappa shape index (κ2) is 8.55. The highest BCUT2D eigenvalue weighted by atomic mass is 16.6. The zero-order chi connectivity index (χ0) is 21.0. The van der Waals surface area contributed by atoms with E-state index in [1.54, 1.807) is 26.8 Å². The van der Waals surface area contributed by atoms with Crippen LogP contribution in [0.2, 0.25) is 0 Å². The SMILES string of the molecule is CCOC(=O)C1=C(C)N(C)C(=O)C(=C(O)OCC)C1c1cccc([N+](=O)[O-])c1. The largest absolute Gasteiger partial charge is 0.481 e. The van der Waals surface area contributed by atoms with Crippen LogP contribution in [0.25, 0.3) is 0 Å². The number of aliphatic hydroxyl groups is 1. The van der Waals surface area contributed by atoms with Crippen LogP contribution in [-0.2, 0) is 19.1 Å². The number of nitro groups is 1. The maximum absolute atomic E-state index is 12.9. The van der Waals surface area contributed by atoms with Crippen molar-refractivity contribution in [2.75, 3.05) is 20.3 Å². The van der Waals surface area contributed by atoms with Gasteiger partial charge in [-0.3, -0.25) is 14.9 Å². The third-order valence-corrected chi connectivity index (χ3v) is 4.43. The van der Waals surface area contributed by atoms with Crippen LogP contribution < -0.4 is 0 Å². The second-order valence-corrected chi connectivity index (χ2v) is 6.02. The Balaban J connectivity index is 2.81. The third kappa shape index (κ3) is 3.83. The Labute approximate surface area is 162 Å². The van der Waals surface area contributed by atoms with Gasteiger partial charge >= 0.3 is 5.97 Å². The minimum atomic E-state index is -1.07. The minimum Gasteiger partial charge on any atom is -0.481 e. The molecule has 9 heteroatoms. The standard InChI is InChI=1S/C19H22N2O7/c1-5-27-18(23)14-11(3)20(4)17(22)16(19(24)28-6-2)15(14)12-8-7-9-13(10-12)21(25)26/h7-10,15,24H,5-6H2,1-4H3. The van der Waals surface area contributed by atoms with E-state index in [4.69, 9.17) is 9.47 Å². The molecule has 1 N–H and O–H groups in total. The summed E-state index contributed by atoms with van der Waals surface area (Å²) in [5.41, 5.74) is 0.330. The van der Waals surface area contributed by atoms with Gasteiger partial charge in [-0.1, -0.05) is 12.1 Å². The van der Waals surface area contributed by atoms with E-state index in [0.29, 0.717) is 11.3 Å². The number of carbonyl (C=O) groups is 2. The van der Waals surface area contributed by atoms with Crippen molar-refractivity contribution in [3.63, 3.8) is 0 Å². The van der Waals surface area contributed by atoms with E-state index in [0.717, 1.165) is 0 Å². The summed E-state index contributed by atoms with van der Waals surface area (Å²) < 4.78 is 10.3. The number of allylic oxidation sites excluding steroid dienone is 1. The number of nitro benzene ring substituents is 1. The Bertz CT molecular complexity index is 873. The van der Waals surface area contributed by atoms with Crippen molar-refractivity contribution < 1.29 is 29.1 Å². The van der Waals surface area contributed by atoms with Gasteiger partial charge in [0.05, 0.1) is 29.6 Å². The highest BCUT2D eigenvalue weighted by Crippen LogP contribution is 2.42. The van der Waals surface area contributed by atoms with Crippen LogP contribution >= 0.6 is 0 Å². The van der Waals surface area contributed by atoms with Gasteiger partial charge in [0.15, 0.2) is 0 Å². The molecule has 0 saturated carbocycles. The molecule has 0 fully saturated rings. The van der Waals surface area contributed by atoms with E-state index in [1.165, 1.54) is 30.1 Å². The Morgan fingerprint density at radius 1 is 1.29 bits per heavy atom. The lowest BCUT2D eigenvalue weighted by Crippen LogP contribution is -2.39. The molecule has 0 bridgehead atoms. The second-order valence-electron chi connectivity index (χ2n) is 6.02. The molecule has 0 spiro atoms. The predicted octanol–water partition coefficient (Wildman–Crippen LogP) is 2.79. The number of non-ortho nitro benzene ring substituents is 1. The molecule has 150 valence electrons. The van der Waals surface area contributed by atoms with Crippen molar-refractivity contribution >= 4 is 17.6 Å². The molecule has 0 aromatic heterocycles. The van der Waals surface area contributed by atoms with Gasteiger partial charge in [-0.2, -0.15) is 0 Å². The number of amides is 1. The van der Waals surface area contributed by atoms with Crippen LogP contribution in [0.3, 0.4) is 0 Å². The van der Waals surface area contributed by atoms with Crippen molar-refractivity contribution in [2.45, 2.75) is 26.7 Å². The number of aliphatic hydroxyl groups excluding tert-OH is 1. The Morgan fingerprint density at radius 2 is 1.93 bits per heavy atom. The normalized spacial score (nSPS) is 18.8. The summed E-state index contributed by atoms with van der Waals surface area (Å²) in [5.74, 6) is -2.97. The summed E-state index contributed by atoms with van der Waals surface area (Å²) in [4.78, 5) is 37.4. The van der Waals surface area contributed by atoms with Crippen molar-refractivity contribution in [3.05, 3.63) is 62.7 Å². The summed E-state index contributed by atoms with van der Waals surface area (Å²) in [6.45, 7) is 5.03.